The van der Waals surface area contributed by atoms with Gasteiger partial charge in [0.05, 0.1) is 18.1 Å². The number of para-hydroxylation sites is 3. The van der Waals surface area contributed by atoms with Crippen molar-refractivity contribution in [3.8, 4) is 17.1 Å². The molecule has 0 aliphatic carbocycles. The van der Waals surface area contributed by atoms with E-state index in [4.69, 9.17) is 9.72 Å². The summed E-state index contributed by atoms with van der Waals surface area (Å²) in [4.78, 5) is 4.95. The molecule has 0 radical (unpaired) electrons. The molecule has 4 nitrogen and oxygen atoms in total. The van der Waals surface area contributed by atoms with Crippen molar-refractivity contribution in [2.75, 3.05) is 12.4 Å². The van der Waals surface area contributed by atoms with E-state index in [0.717, 1.165) is 39.4 Å². The molecule has 1 aliphatic rings. The van der Waals surface area contributed by atoms with Gasteiger partial charge in [-0.2, -0.15) is 0 Å². The molecule has 4 heteroatoms. The maximum absolute atomic E-state index is 5.33. The van der Waals surface area contributed by atoms with Gasteiger partial charge in [0.15, 0.2) is 0 Å². The van der Waals surface area contributed by atoms with Crippen molar-refractivity contribution < 1.29 is 4.74 Å². The molecule has 3 aromatic carbocycles. The van der Waals surface area contributed by atoms with E-state index in [1.165, 1.54) is 0 Å². The molecular weight excluding hydrogens is 322 g/mol. The van der Waals surface area contributed by atoms with Crippen molar-refractivity contribution >= 4 is 16.7 Å². The number of nitrogens with zero attached hydrogens (tertiary/aromatic N) is 2. The average molecular weight is 341 g/mol. The summed E-state index contributed by atoms with van der Waals surface area (Å²) in [6, 6.07) is 24.9. The molecule has 0 spiro atoms. The van der Waals surface area contributed by atoms with Gasteiger partial charge in [-0.15, -0.1) is 0 Å². The Morgan fingerprint density at radius 1 is 0.923 bits per heavy atom. The SMILES string of the molecule is COc1ccc(C2(C)Nc3ccccc3-c3nc4ccccc4n32)cc1. The Morgan fingerprint density at radius 2 is 1.65 bits per heavy atom. The largest absolute Gasteiger partial charge is 0.497 e. The summed E-state index contributed by atoms with van der Waals surface area (Å²) in [5, 5.41) is 3.74. The lowest BCUT2D eigenvalue weighted by atomic mass is 9.95. The number of fused-ring (bicyclic) bond motifs is 5. The quantitative estimate of drug-likeness (QED) is 0.566. The van der Waals surface area contributed by atoms with Crippen molar-refractivity contribution in [3.05, 3.63) is 78.4 Å². The molecular formula is C22H19N3O. The third-order valence-electron chi connectivity index (χ3n) is 5.21. The van der Waals surface area contributed by atoms with Crippen LogP contribution in [0.4, 0.5) is 5.69 Å². The fraction of sp³-hybridized carbons (Fsp3) is 0.136. The van der Waals surface area contributed by atoms with Crippen LogP contribution >= 0.6 is 0 Å². The number of rotatable bonds is 2. The van der Waals surface area contributed by atoms with E-state index in [2.05, 4.69) is 71.4 Å². The zero-order valence-corrected chi connectivity index (χ0v) is 14.7. The van der Waals surface area contributed by atoms with Gasteiger partial charge in [-0.3, -0.25) is 4.57 Å². The molecule has 0 fully saturated rings. The molecule has 0 amide bonds. The molecule has 0 saturated carbocycles. The van der Waals surface area contributed by atoms with Gasteiger partial charge in [0.25, 0.3) is 0 Å². The second-order valence-electron chi connectivity index (χ2n) is 6.73. The highest BCUT2D eigenvalue weighted by molar-refractivity contribution is 5.87. The molecule has 5 rings (SSSR count). The lowest BCUT2D eigenvalue weighted by molar-refractivity contribution is 0.413. The number of methoxy groups -OCH3 is 1. The van der Waals surface area contributed by atoms with Gasteiger partial charge in [0.1, 0.15) is 17.2 Å². The van der Waals surface area contributed by atoms with Crippen LogP contribution in [0.2, 0.25) is 0 Å². The predicted octanol–water partition coefficient (Wildman–Crippen LogP) is 4.86. The highest BCUT2D eigenvalue weighted by Gasteiger charge is 2.37. The highest BCUT2D eigenvalue weighted by Crippen LogP contribution is 2.43. The van der Waals surface area contributed by atoms with E-state index in [9.17, 15) is 0 Å². The van der Waals surface area contributed by atoms with Gasteiger partial charge < -0.3 is 10.1 Å². The van der Waals surface area contributed by atoms with Crippen molar-refractivity contribution in [3.63, 3.8) is 0 Å². The second-order valence-corrected chi connectivity index (χ2v) is 6.73. The fourth-order valence-corrected chi connectivity index (χ4v) is 3.88. The van der Waals surface area contributed by atoms with Gasteiger partial charge in [-0.25, -0.2) is 4.98 Å². The summed E-state index contributed by atoms with van der Waals surface area (Å²) in [7, 11) is 1.69. The first-order valence-corrected chi connectivity index (χ1v) is 8.71. The number of imidazole rings is 1. The Labute approximate surface area is 152 Å². The third kappa shape index (κ3) is 1.99. The van der Waals surface area contributed by atoms with Gasteiger partial charge in [0.2, 0.25) is 0 Å². The van der Waals surface area contributed by atoms with Crippen molar-refractivity contribution in [2.24, 2.45) is 0 Å². The minimum atomic E-state index is -0.452. The van der Waals surface area contributed by atoms with Crippen molar-refractivity contribution in [2.45, 2.75) is 12.6 Å². The molecule has 2 heterocycles. The number of nitrogens with one attached hydrogen (secondary N) is 1. The predicted molar refractivity (Wildman–Crippen MR) is 105 cm³/mol. The van der Waals surface area contributed by atoms with E-state index in [0.29, 0.717) is 0 Å². The van der Waals surface area contributed by atoms with Crippen LogP contribution in [-0.4, -0.2) is 16.7 Å². The monoisotopic (exact) mass is 341 g/mol. The zero-order chi connectivity index (χ0) is 17.7. The first-order valence-electron chi connectivity index (χ1n) is 8.71. The third-order valence-corrected chi connectivity index (χ3v) is 5.21. The summed E-state index contributed by atoms with van der Waals surface area (Å²) >= 11 is 0. The van der Waals surface area contributed by atoms with Crippen LogP contribution in [-0.2, 0) is 5.66 Å². The van der Waals surface area contributed by atoms with Crippen molar-refractivity contribution in [1.29, 1.82) is 0 Å². The van der Waals surface area contributed by atoms with Gasteiger partial charge in [-0.1, -0.05) is 36.4 Å². The van der Waals surface area contributed by atoms with Crippen molar-refractivity contribution in [1.82, 2.24) is 9.55 Å². The lowest BCUT2D eigenvalue weighted by Crippen LogP contribution is -2.42. The number of aromatic nitrogens is 2. The summed E-state index contributed by atoms with van der Waals surface area (Å²) in [6.07, 6.45) is 0. The minimum Gasteiger partial charge on any atom is -0.497 e. The molecule has 128 valence electrons. The Hall–Kier alpha value is -3.27. The van der Waals surface area contributed by atoms with Crippen LogP contribution in [0, 0.1) is 0 Å². The minimum absolute atomic E-state index is 0.452. The van der Waals surface area contributed by atoms with Gasteiger partial charge in [0, 0.05) is 11.3 Å². The van der Waals surface area contributed by atoms with Crippen LogP contribution in [0.3, 0.4) is 0 Å². The standard InChI is InChI=1S/C22H19N3O/c1-22(15-11-13-16(26-2)14-12-15)24-18-8-4-3-7-17(18)21-23-19-9-5-6-10-20(19)25(21)22/h3-14,24H,1-2H3. The molecule has 0 bridgehead atoms. The molecule has 26 heavy (non-hydrogen) atoms. The van der Waals surface area contributed by atoms with Crippen LogP contribution in [0.1, 0.15) is 12.5 Å². The number of hydrogen-bond donors (Lipinski definition) is 1. The Morgan fingerprint density at radius 3 is 2.46 bits per heavy atom. The number of anilines is 1. The zero-order valence-electron chi connectivity index (χ0n) is 14.7. The van der Waals surface area contributed by atoms with E-state index in [-0.39, 0.29) is 0 Å². The molecule has 1 N–H and O–H groups in total. The van der Waals surface area contributed by atoms with Gasteiger partial charge in [-0.05, 0) is 48.9 Å². The normalized spacial score (nSPS) is 18.1. The van der Waals surface area contributed by atoms with Crippen LogP contribution in [0.15, 0.2) is 72.8 Å². The van der Waals surface area contributed by atoms with Gasteiger partial charge >= 0.3 is 0 Å². The molecule has 1 unspecified atom stereocenters. The summed E-state index contributed by atoms with van der Waals surface area (Å²) in [6.45, 7) is 2.20. The topological polar surface area (TPSA) is 39.1 Å². The molecule has 1 aromatic heterocycles. The average Bonchev–Trinajstić information content (AvgIpc) is 3.09. The number of benzene rings is 3. The summed E-state index contributed by atoms with van der Waals surface area (Å²) < 4.78 is 7.63. The first-order chi connectivity index (χ1) is 12.7. The lowest BCUT2D eigenvalue weighted by Gasteiger charge is -2.40. The molecule has 0 saturated heterocycles. The Kier molecular flexibility index (Phi) is 3.10. The van der Waals surface area contributed by atoms with Crippen LogP contribution < -0.4 is 10.1 Å². The molecule has 4 aromatic rings. The maximum Gasteiger partial charge on any atom is 0.145 e. The number of hydrogen-bond acceptors (Lipinski definition) is 3. The first kappa shape index (κ1) is 15.0. The van der Waals surface area contributed by atoms with Crippen LogP contribution in [0.5, 0.6) is 5.75 Å². The number of ether oxygens (including phenoxy) is 1. The summed E-state index contributed by atoms with van der Waals surface area (Å²) in [5.41, 5.74) is 5.02. The summed E-state index contributed by atoms with van der Waals surface area (Å²) in [5.74, 6) is 1.84. The Bertz CT molecular complexity index is 1110. The highest BCUT2D eigenvalue weighted by atomic mass is 16.5. The molecule has 1 aliphatic heterocycles. The Balaban J connectivity index is 1.83. The van der Waals surface area contributed by atoms with E-state index >= 15 is 0 Å². The smallest absolute Gasteiger partial charge is 0.145 e. The maximum atomic E-state index is 5.33. The molecule has 1 atom stereocenters. The van der Waals surface area contributed by atoms with E-state index < -0.39 is 5.66 Å². The second kappa shape index (κ2) is 5.36. The van der Waals surface area contributed by atoms with E-state index in [1.54, 1.807) is 7.11 Å². The van der Waals surface area contributed by atoms with Crippen LogP contribution in [0.25, 0.3) is 22.4 Å². The fourth-order valence-electron chi connectivity index (χ4n) is 3.88. The van der Waals surface area contributed by atoms with E-state index in [1.807, 2.05) is 18.2 Å².